The van der Waals surface area contributed by atoms with Gasteiger partial charge in [-0.05, 0) is 86.7 Å². The first-order valence-electron chi connectivity index (χ1n) is 13.0. The number of hydrogen-bond acceptors (Lipinski definition) is 4. The summed E-state index contributed by atoms with van der Waals surface area (Å²) in [6.07, 6.45) is 1.07. The molecule has 198 valence electrons. The number of nitrogens with zero attached hydrogens (tertiary/aromatic N) is 2. The molecule has 0 radical (unpaired) electrons. The van der Waals surface area contributed by atoms with Crippen molar-refractivity contribution in [2.45, 2.75) is 64.0 Å². The number of ether oxygens (including phenoxy) is 1. The highest BCUT2D eigenvalue weighted by molar-refractivity contribution is 6.31. The number of carbonyl (C=O) groups excluding carboxylic acids is 2. The van der Waals surface area contributed by atoms with E-state index in [-0.39, 0.29) is 24.5 Å². The van der Waals surface area contributed by atoms with E-state index < -0.39 is 11.0 Å². The Morgan fingerprint density at radius 1 is 1.11 bits per heavy atom. The second kappa shape index (κ2) is 11.0. The van der Waals surface area contributed by atoms with Gasteiger partial charge in [-0.2, -0.15) is 5.26 Å². The lowest BCUT2D eigenvalue weighted by atomic mass is 9.70. The molecule has 0 bridgehead atoms. The van der Waals surface area contributed by atoms with E-state index in [0.29, 0.717) is 36.5 Å². The summed E-state index contributed by atoms with van der Waals surface area (Å²) in [5.74, 6) is -0.0883. The highest BCUT2D eigenvalue weighted by atomic mass is 35.5. The fourth-order valence-electron chi connectivity index (χ4n) is 5.27. The molecule has 1 N–H and O–H groups in total. The molecule has 3 aromatic carbocycles. The molecule has 0 aromatic heterocycles. The molecule has 1 heterocycles. The largest absolute Gasteiger partial charge is 0.444 e. The van der Waals surface area contributed by atoms with E-state index in [1.807, 2.05) is 82.3 Å². The van der Waals surface area contributed by atoms with Crippen molar-refractivity contribution in [1.29, 1.82) is 5.26 Å². The monoisotopic (exact) mass is 531 g/mol. The first-order valence-corrected chi connectivity index (χ1v) is 13.3. The fraction of sp³-hybridized carbons (Fsp3) is 0.387. The van der Waals surface area contributed by atoms with E-state index in [0.717, 1.165) is 21.9 Å². The lowest BCUT2D eigenvalue weighted by Crippen LogP contribution is -2.48. The summed E-state index contributed by atoms with van der Waals surface area (Å²) in [6.45, 7) is 8.44. The highest BCUT2D eigenvalue weighted by Gasteiger charge is 2.40. The molecular formula is C31H34ClN3O3. The number of benzene rings is 3. The maximum absolute atomic E-state index is 13.5. The van der Waals surface area contributed by atoms with Gasteiger partial charge in [0.2, 0.25) is 5.91 Å². The maximum Gasteiger partial charge on any atom is 0.410 e. The predicted octanol–water partition coefficient (Wildman–Crippen LogP) is 6.90. The Balaban J connectivity index is 1.56. The predicted molar refractivity (Wildman–Crippen MR) is 150 cm³/mol. The number of nitrogens with one attached hydrogen (secondary N) is 1. The molecule has 0 aliphatic carbocycles. The summed E-state index contributed by atoms with van der Waals surface area (Å²) in [4.78, 5) is 27.9. The Morgan fingerprint density at radius 3 is 2.50 bits per heavy atom. The van der Waals surface area contributed by atoms with Gasteiger partial charge in [-0.3, -0.25) is 4.79 Å². The van der Waals surface area contributed by atoms with Gasteiger partial charge in [0.15, 0.2) is 0 Å². The topological polar surface area (TPSA) is 82.4 Å². The molecule has 0 spiro atoms. The zero-order chi connectivity index (χ0) is 27.5. The second-order valence-electron chi connectivity index (χ2n) is 11.1. The normalized spacial score (nSPS) is 15.9. The van der Waals surface area contributed by atoms with Crippen LogP contribution in [-0.4, -0.2) is 35.6 Å². The maximum atomic E-state index is 13.5. The molecule has 0 saturated carbocycles. The van der Waals surface area contributed by atoms with Crippen LogP contribution in [-0.2, 0) is 14.9 Å². The Kier molecular flexibility index (Phi) is 7.99. The number of piperidine rings is 1. The molecule has 1 aliphatic rings. The van der Waals surface area contributed by atoms with Crippen molar-refractivity contribution in [3.8, 4) is 6.07 Å². The third-order valence-electron chi connectivity index (χ3n) is 7.18. The summed E-state index contributed by atoms with van der Waals surface area (Å²) < 4.78 is 5.57. The molecule has 1 saturated heterocycles. The zero-order valence-electron chi connectivity index (χ0n) is 22.4. The number of carbonyl (C=O) groups is 2. The van der Waals surface area contributed by atoms with Crippen LogP contribution in [0, 0.1) is 11.3 Å². The summed E-state index contributed by atoms with van der Waals surface area (Å²) in [7, 11) is 0. The second-order valence-corrected chi connectivity index (χ2v) is 11.6. The van der Waals surface area contributed by atoms with Gasteiger partial charge in [-0.15, -0.1) is 0 Å². The van der Waals surface area contributed by atoms with Crippen LogP contribution in [0.15, 0.2) is 60.7 Å². The summed E-state index contributed by atoms with van der Waals surface area (Å²) in [6, 6.07) is 21.2. The van der Waals surface area contributed by atoms with Gasteiger partial charge in [-0.1, -0.05) is 48.0 Å². The van der Waals surface area contributed by atoms with Gasteiger partial charge in [0.05, 0.1) is 17.7 Å². The molecule has 1 fully saturated rings. The van der Waals surface area contributed by atoms with E-state index in [9.17, 15) is 14.9 Å². The van der Waals surface area contributed by atoms with Crippen molar-refractivity contribution in [3.05, 3.63) is 82.4 Å². The van der Waals surface area contributed by atoms with Crippen LogP contribution in [0.2, 0.25) is 5.02 Å². The average Bonchev–Trinajstić information content (AvgIpc) is 2.87. The van der Waals surface area contributed by atoms with Crippen LogP contribution in [0.4, 0.5) is 4.79 Å². The summed E-state index contributed by atoms with van der Waals surface area (Å²) >= 11 is 6.39. The number of hydrogen-bond donors (Lipinski definition) is 1. The van der Waals surface area contributed by atoms with E-state index >= 15 is 0 Å². The molecule has 38 heavy (non-hydrogen) atoms. The number of halogens is 1. The number of nitriles is 1. The van der Waals surface area contributed by atoms with E-state index in [2.05, 4.69) is 11.4 Å². The van der Waals surface area contributed by atoms with Crippen LogP contribution in [0.3, 0.4) is 0 Å². The van der Waals surface area contributed by atoms with Gasteiger partial charge in [0, 0.05) is 29.9 Å². The fourth-order valence-corrected chi connectivity index (χ4v) is 5.50. The van der Waals surface area contributed by atoms with Crippen LogP contribution >= 0.6 is 11.6 Å². The van der Waals surface area contributed by atoms with Crippen molar-refractivity contribution in [2.75, 3.05) is 13.1 Å². The van der Waals surface area contributed by atoms with Gasteiger partial charge in [-0.25, -0.2) is 4.79 Å². The number of amides is 2. The minimum absolute atomic E-state index is 0.0883. The molecule has 1 aliphatic heterocycles. The third-order valence-corrected chi connectivity index (χ3v) is 7.40. The Hall–Kier alpha value is -3.56. The van der Waals surface area contributed by atoms with Crippen molar-refractivity contribution in [1.82, 2.24) is 10.2 Å². The lowest BCUT2D eigenvalue weighted by Gasteiger charge is -2.42. The molecule has 3 aromatic rings. The van der Waals surface area contributed by atoms with Gasteiger partial charge < -0.3 is 15.0 Å². The Bertz CT molecular complexity index is 1380. The quantitative estimate of drug-likeness (QED) is 0.388. The van der Waals surface area contributed by atoms with Gasteiger partial charge >= 0.3 is 6.09 Å². The number of rotatable bonds is 5. The van der Waals surface area contributed by atoms with Crippen LogP contribution in [0.25, 0.3) is 10.8 Å². The molecule has 7 heteroatoms. The van der Waals surface area contributed by atoms with E-state index in [1.165, 1.54) is 0 Å². The highest BCUT2D eigenvalue weighted by Crippen LogP contribution is 2.40. The molecule has 4 rings (SSSR count). The van der Waals surface area contributed by atoms with Gasteiger partial charge in [0.25, 0.3) is 0 Å². The summed E-state index contributed by atoms with van der Waals surface area (Å²) in [5.41, 5.74) is 1.37. The van der Waals surface area contributed by atoms with Crippen molar-refractivity contribution in [2.24, 2.45) is 0 Å². The van der Waals surface area contributed by atoms with Gasteiger partial charge in [0.1, 0.15) is 5.60 Å². The standard InChI is InChI=1S/C31H34ClN3O3/c1-21(27-18-25(32)17-23-9-5-6-11-26(23)27)34-28(36)19-31(24-10-7-8-22(16-24)20-33)12-14-35(15-13-31)29(37)38-30(2,3)4/h5-11,16-18,21H,12-15,19H2,1-4H3,(H,34,36). The molecule has 1 unspecified atom stereocenters. The van der Waals surface area contributed by atoms with Crippen molar-refractivity contribution < 1.29 is 14.3 Å². The van der Waals surface area contributed by atoms with Crippen molar-refractivity contribution >= 4 is 34.4 Å². The van der Waals surface area contributed by atoms with Crippen LogP contribution in [0.1, 0.15) is 69.7 Å². The molecular weight excluding hydrogens is 498 g/mol. The number of fused-ring (bicyclic) bond motifs is 1. The first-order chi connectivity index (χ1) is 18.0. The number of likely N-dealkylation sites (tertiary alicyclic amines) is 1. The zero-order valence-corrected chi connectivity index (χ0v) is 23.1. The average molecular weight is 532 g/mol. The Labute approximate surface area is 229 Å². The minimum atomic E-state index is -0.576. The van der Waals surface area contributed by atoms with E-state index in [4.69, 9.17) is 16.3 Å². The SMILES string of the molecule is CC(NC(=O)CC1(c2cccc(C#N)c2)CCN(C(=O)OC(C)(C)C)CC1)c1cc(Cl)cc2ccccc12. The smallest absolute Gasteiger partial charge is 0.410 e. The van der Waals surface area contributed by atoms with Crippen LogP contribution in [0.5, 0.6) is 0 Å². The van der Waals surface area contributed by atoms with Crippen molar-refractivity contribution in [3.63, 3.8) is 0 Å². The molecule has 1 atom stereocenters. The first kappa shape index (κ1) is 27.5. The van der Waals surface area contributed by atoms with Crippen LogP contribution < -0.4 is 5.32 Å². The minimum Gasteiger partial charge on any atom is -0.444 e. The Morgan fingerprint density at radius 2 is 1.82 bits per heavy atom. The van der Waals surface area contributed by atoms with E-state index in [1.54, 1.807) is 11.0 Å². The summed E-state index contributed by atoms with van der Waals surface area (Å²) in [5, 5.41) is 15.4. The molecule has 6 nitrogen and oxygen atoms in total. The molecule has 2 amide bonds. The lowest BCUT2D eigenvalue weighted by molar-refractivity contribution is -0.123. The third kappa shape index (κ3) is 6.28.